The number of hydrogen-bond acceptors (Lipinski definition) is 5. The Morgan fingerprint density at radius 1 is 1.03 bits per heavy atom. The second kappa shape index (κ2) is 7.58. The quantitative estimate of drug-likeness (QED) is 0.424. The van der Waals surface area contributed by atoms with Gasteiger partial charge in [-0.15, -0.1) is 0 Å². The molecule has 154 valence electrons. The molecule has 0 aliphatic heterocycles. The van der Waals surface area contributed by atoms with Gasteiger partial charge in [0.25, 0.3) is 5.56 Å². The second-order valence-electron chi connectivity index (χ2n) is 8.29. The maximum Gasteiger partial charge on any atom is 0.260 e. The molecule has 4 rings (SSSR count). The Kier molecular flexibility index (Phi) is 4.91. The predicted molar refractivity (Wildman–Crippen MR) is 122 cm³/mol. The van der Waals surface area contributed by atoms with Crippen molar-refractivity contribution in [3.8, 4) is 6.07 Å². The summed E-state index contributed by atoms with van der Waals surface area (Å²) >= 11 is 0. The van der Waals surface area contributed by atoms with Crippen molar-refractivity contribution in [2.24, 2.45) is 5.41 Å². The maximum atomic E-state index is 12.9. The number of aromatic amines is 1. The number of amides is 1. The number of hydrogen-bond donors (Lipinski definition) is 3. The molecule has 0 atom stereocenters. The molecule has 3 N–H and O–H groups in total. The third kappa shape index (κ3) is 3.96. The van der Waals surface area contributed by atoms with E-state index in [0.717, 1.165) is 22.1 Å². The number of nitrogens with one attached hydrogen (secondary N) is 3. The van der Waals surface area contributed by atoms with Gasteiger partial charge in [-0.1, -0.05) is 39.0 Å². The Morgan fingerprint density at radius 2 is 1.77 bits per heavy atom. The fourth-order valence-electron chi connectivity index (χ4n) is 3.24. The largest absolute Gasteiger partial charge is 0.355 e. The number of aromatic nitrogens is 2. The number of nitrogens with zero attached hydrogens (tertiary/aromatic N) is 2. The number of carbonyl (C=O) groups is 1. The summed E-state index contributed by atoms with van der Waals surface area (Å²) in [6, 6.07) is 18.6. The van der Waals surface area contributed by atoms with Crippen LogP contribution in [0.3, 0.4) is 0 Å². The van der Waals surface area contributed by atoms with Gasteiger partial charge in [-0.2, -0.15) is 5.26 Å². The van der Waals surface area contributed by atoms with Crippen LogP contribution in [0.2, 0.25) is 0 Å². The van der Waals surface area contributed by atoms with Crippen LogP contribution in [0.1, 0.15) is 26.3 Å². The third-order valence-corrected chi connectivity index (χ3v) is 4.94. The zero-order valence-electron chi connectivity index (χ0n) is 17.4. The first-order valence-corrected chi connectivity index (χ1v) is 9.81. The van der Waals surface area contributed by atoms with E-state index in [4.69, 9.17) is 5.26 Å². The van der Waals surface area contributed by atoms with Crippen molar-refractivity contribution >= 4 is 44.9 Å². The molecule has 0 radical (unpaired) electrons. The van der Waals surface area contributed by atoms with Gasteiger partial charge in [-0.05, 0) is 41.8 Å². The zero-order valence-corrected chi connectivity index (χ0v) is 17.4. The fourth-order valence-corrected chi connectivity index (χ4v) is 3.24. The molecule has 3 aromatic carbocycles. The van der Waals surface area contributed by atoms with E-state index in [1.54, 1.807) is 39.0 Å². The second-order valence-corrected chi connectivity index (χ2v) is 8.29. The summed E-state index contributed by atoms with van der Waals surface area (Å²) in [6.07, 6.45) is 0. The zero-order chi connectivity index (χ0) is 22.2. The van der Waals surface area contributed by atoms with Crippen LogP contribution in [0.15, 0.2) is 59.4 Å². The minimum Gasteiger partial charge on any atom is -0.355 e. The normalized spacial score (nSPS) is 11.3. The van der Waals surface area contributed by atoms with E-state index in [0.29, 0.717) is 16.5 Å². The van der Waals surface area contributed by atoms with Gasteiger partial charge in [0.1, 0.15) is 0 Å². The van der Waals surface area contributed by atoms with Crippen molar-refractivity contribution < 1.29 is 4.79 Å². The van der Waals surface area contributed by atoms with Crippen molar-refractivity contribution in [3.05, 3.63) is 70.5 Å². The Hall–Kier alpha value is -4.18. The van der Waals surface area contributed by atoms with Crippen molar-refractivity contribution in [1.29, 1.82) is 5.26 Å². The molecule has 0 unspecified atom stereocenters. The molecule has 7 heteroatoms. The number of H-pyrrole nitrogens is 1. The van der Waals surface area contributed by atoms with Gasteiger partial charge in [0.2, 0.25) is 11.9 Å². The highest BCUT2D eigenvalue weighted by atomic mass is 16.2. The molecular formula is C24H21N5O2. The van der Waals surface area contributed by atoms with Gasteiger partial charge in [0.15, 0.2) is 0 Å². The van der Waals surface area contributed by atoms with Crippen LogP contribution in [0, 0.1) is 16.7 Å². The number of fused-ring (bicyclic) bond motifs is 3. The molecule has 1 amide bonds. The standard InChI is InChI=1S/C24H21N5O2/c1-24(2,3)22(31)29-23-27-19-12-11-16-17(20(19)21(30)28-23)5-4-6-18(16)26-15-9-7-14(13-25)8-10-15/h4-12,26H,1-3H3,(H2,27,28,29,30,31). The van der Waals surface area contributed by atoms with Crippen LogP contribution >= 0.6 is 0 Å². The number of anilines is 3. The van der Waals surface area contributed by atoms with E-state index in [9.17, 15) is 9.59 Å². The number of carbonyl (C=O) groups excluding carboxylic acids is 1. The predicted octanol–water partition coefficient (Wildman–Crippen LogP) is 4.68. The minimum absolute atomic E-state index is 0.128. The van der Waals surface area contributed by atoms with Crippen LogP contribution in [-0.4, -0.2) is 15.9 Å². The summed E-state index contributed by atoms with van der Waals surface area (Å²) in [7, 11) is 0. The lowest BCUT2D eigenvalue weighted by Crippen LogP contribution is -2.29. The minimum atomic E-state index is -0.608. The molecular weight excluding hydrogens is 390 g/mol. The molecule has 0 bridgehead atoms. The highest BCUT2D eigenvalue weighted by Crippen LogP contribution is 2.30. The van der Waals surface area contributed by atoms with Crippen LogP contribution in [0.4, 0.5) is 17.3 Å². The van der Waals surface area contributed by atoms with Crippen LogP contribution in [0.25, 0.3) is 21.7 Å². The summed E-state index contributed by atoms with van der Waals surface area (Å²) < 4.78 is 0. The average Bonchev–Trinajstić information content (AvgIpc) is 2.73. The Balaban J connectivity index is 1.77. The number of nitriles is 1. The molecule has 31 heavy (non-hydrogen) atoms. The average molecular weight is 411 g/mol. The molecule has 0 aliphatic carbocycles. The lowest BCUT2D eigenvalue weighted by molar-refractivity contribution is -0.123. The first kappa shape index (κ1) is 20.1. The van der Waals surface area contributed by atoms with Crippen molar-refractivity contribution in [2.45, 2.75) is 20.8 Å². The third-order valence-electron chi connectivity index (χ3n) is 4.94. The maximum absolute atomic E-state index is 12.9. The van der Waals surface area contributed by atoms with E-state index in [1.807, 2.05) is 36.4 Å². The van der Waals surface area contributed by atoms with Crippen LogP contribution in [-0.2, 0) is 4.79 Å². The molecule has 1 heterocycles. The van der Waals surface area contributed by atoms with Gasteiger partial charge >= 0.3 is 0 Å². The smallest absolute Gasteiger partial charge is 0.260 e. The summed E-state index contributed by atoms with van der Waals surface area (Å²) in [4.78, 5) is 32.3. The topological polar surface area (TPSA) is 111 Å². The van der Waals surface area contributed by atoms with E-state index in [-0.39, 0.29) is 17.4 Å². The van der Waals surface area contributed by atoms with Crippen molar-refractivity contribution in [2.75, 3.05) is 10.6 Å². The first-order chi connectivity index (χ1) is 14.8. The molecule has 4 aromatic rings. The van der Waals surface area contributed by atoms with E-state index < -0.39 is 5.41 Å². The number of benzene rings is 3. The lowest BCUT2D eigenvalue weighted by atomic mass is 9.96. The molecule has 1 aromatic heterocycles. The van der Waals surface area contributed by atoms with Crippen LogP contribution < -0.4 is 16.2 Å². The first-order valence-electron chi connectivity index (χ1n) is 9.81. The Bertz CT molecular complexity index is 1410. The highest BCUT2D eigenvalue weighted by molar-refractivity contribution is 6.10. The summed E-state index contributed by atoms with van der Waals surface area (Å²) in [5.41, 5.74) is 1.81. The Labute approximate surface area is 178 Å². The molecule has 7 nitrogen and oxygen atoms in total. The summed E-state index contributed by atoms with van der Waals surface area (Å²) in [5, 5.41) is 17.0. The summed E-state index contributed by atoms with van der Waals surface area (Å²) in [5.74, 6) is -0.103. The molecule has 0 saturated heterocycles. The molecule has 0 aliphatic rings. The Morgan fingerprint density at radius 3 is 2.45 bits per heavy atom. The number of rotatable bonds is 3. The summed E-state index contributed by atoms with van der Waals surface area (Å²) in [6.45, 7) is 5.37. The van der Waals surface area contributed by atoms with E-state index in [1.165, 1.54) is 0 Å². The molecule has 0 fully saturated rings. The monoisotopic (exact) mass is 411 g/mol. The van der Waals surface area contributed by atoms with Gasteiger partial charge in [0.05, 0.1) is 22.5 Å². The van der Waals surface area contributed by atoms with E-state index >= 15 is 0 Å². The molecule has 0 saturated carbocycles. The van der Waals surface area contributed by atoms with E-state index in [2.05, 4.69) is 26.7 Å². The van der Waals surface area contributed by atoms with Crippen molar-refractivity contribution in [1.82, 2.24) is 9.97 Å². The van der Waals surface area contributed by atoms with Gasteiger partial charge in [0, 0.05) is 22.2 Å². The fraction of sp³-hybridized carbons (Fsp3) is 0.167. The highest BCUT2D eigenvalue weighted by Gasteiger charge is 2.22. The van der Waals surface area contributed by atoms with Gasteiger partial charge in [-0.25, -0.2) is 4.98 Å². The van der Waals surface area contributed by atoms with Crippen LogP contribution in [0.5, 0.6) is 0 Å². The van der Waals surface area contributed by atoms with Gasteiger partial charge in [-0.3, -0.25) is 19.9 Å². The van der Waals surface area contributed by atoms with Crippen molar-refractivity contribution in [3.63, 3.8) is 0 Å². The SMILES string of the molecule is CC(C)(C)C(=O)Nc1nc2ccc3c(Nc4ccc(C#N)cc4)cccc3c2c(=O)[nH]1. The molecule has 0 spiro atoms. The van der Waals surface area contributed by atoms with Gasteiger partial charge < -0.3 is 5.32 Å². The lowest BCUT2D eigenvalue weighted by Gasteiger charge is -2.17.